The molecule has 4 heterocycles. The van der Waals surface area contributed by atoms with Crippen LogP contribution >= 0.6 is 0 Å². The van der Waals surface area contributed by atoms with Crippen LogP contribution in [0.5, 0.6) is 5.75 Å². The number of rotatable bonds is 1. The topological polar surface area (TPSA) is 85.5 Å². The molecule has 1 unspecified atom stereocenters. The van der Waals surface area contributed by atoms with E-state index in [2.05, 4.69) is 10.1 Å². The first-order valence-electron chi connectivity index (χ1n) is 9.46. The minimum Gasteiger partial charge on any atom is -0.486 e. The number of nitrogens with zero attached hydrogens (tertiary/aromatic N) is 3. The van der Waals surface area contributed by atoms with Crippen LogP contribution in [0.1, 0.15) is 46.6 Å². The third kappa shape index (κ3) is 2.74. The first kappa shape index (κ1) is 16.9. The highest BCUT2D eigenvalue weighted by atomic mass is 16.5. The van der Waals surface area contributed by atoms with Gasteiger partial charge in [0.25, 0.3) is 5.91 Å². The molecule has 2 aliphatic rings. The Labute approximate surface area is 161 Å². The predicted octanol–water partition coefficient (Wildman–Crippen LogP) is 3.25. The van der Waals surface area contributed by atoms with Gasteiger partial charge in [-0.2, -0.15) is 0 Å². The van der Waals surface area contributed by atoms with Crippen LogP contribution in [-0.2, 0) is 0 Å². The van der Waals surface area contributed by atoms with E-state index < -0.39 is 5.60 Å². The maximum Gasteiger partial charge on any atom is 0.293 e. The van der Waals surface area contributed by atoms with E-state index in [1.165, 1.54) is 0 Å². The standard InChI is InChI=1S/C21H19N3O4/c25-16-13-21(27-17-7-2-1-5-14(16)17)8-4-11-24(12-9-21)20(26)18-15-6-3-10-22-19(15)23-28-18/h1-3,5-7,10H,4,8-9,11-13H2. The third-order valence-corrected chi connectivity index (χ3v) is 5.63. The predicted molar refractivity (Wildman–Crippen MR) is 100 cm³/mol. The first-order chi connectivity index (χ1) is 13.7. The molecule has 1 atom stereocenters. The largest absolute Gasteiger partial charge is 0.486 e. The smallest absolute Gasteiger partial charge is 0.293 e. The van der Waals surface area contributed by atoms with Gasteiger partial charge >= 0.3 is 0 Å². The number of amides is 1. The lowest BCUT2D eigenvalue weighted by molar-refractivity contribution is 0.0298. The fourth-order valence-electron chi connectivity index (χ4n) is 4.18. The molecule has 142 valence electrons. The van der Waals surface area contributed by atoms with Crippen molar-refractivity contribution in [1.29, 1.82) is 0 Å². The molecule has 1 saturated heterocycles. The zero-order chi connectivity index (χ0) is 19.1. The van der Waals surface area contributed by atoms with Crippen molar-refractivity contribution in [3.05, 3.63) is 53.9 Å². The van der Waals surface area contributed by atoms with Gasteiger partial charge in [0.1, 0.15) is 11.4 Å². The average Bonchev–Trinajstić information content (AvgIpc) is 3.04. The molecular formula is C21H19N3O4. The van der Waals surface area contributed by atoms with Crippen molar-refractivity contribution in [1.82, 2.24) is 15.0 Å². The third-order valence-electron chi connectivity index (χ3n) is 5.63. The summed E-state index contributed by atoms with van der Waals surface area (Å²) in [6.07, 6.45) is 4.05. The van der Waals surface area contributed by atoms with Gasteiger partial charge in [-0.05, 0) is 37.1 Å². The molecular weight excluding hydrogens is 358 g/mol. The first-order valence-corrected chi connectivity index (χ1v) is 9.46. The van der Waals surface area contributed by atoms with Crippen LogP contribution in [0, 0.1) is 0 Å². The molecule has 0 aliphatic carbocycles. The van der Waals surface area contributed by atoms with E-state index in [1.54, 1.807) is 29.3 Å². The minimum atomic E-state index is -0.550. The summed E-state index contributed by atoms with van der Waals surface area (Å²) in [5.41, 5.74) is 0.520. The number of hydrogen-bond donors (Lipinski definition) is 0. The number of carbonyl (C=O) groups excluding carboxylic acids is 2. The Morgan fingerprint density at radius 3 is 2.93 bits per heavy atom. The summed E-state index contributed by atoms with van der Waals surface area (Å²) in [5.74, 6) is 0.764. The molecule has 7 heteroatoms. The second kappa shape index (κ2) is 6.44. The quantitative estimate of drug-likeness (QED) is 0.647. The Morgan fingerprint density at radius 1 is 1.11 bits per heavy atom. The van der Waals surface area contributed by atoms with Crippen LogP contribution in [0.4, 0.5) is 0 Å². The van der Waals surface area contributed by atoms with Crippen molar-refractivity contribution in [3.8, 4) is 5.75 Å². The van der Waals surface area contributed by atoms with Gasteiger partial charge in [0, 0.05) is 25.7 Å². The summed E-state index contributed by atoms with van der Waals surface area (Å²) in [6, 6.07) is 10.9. The number of pyridine rings is 1. The molecule has 2 aromatic heterocycles. The van der Waals surface area contributed by atoms with Crippen molar-refractivity contribution in [3.63, 3.8) is 0 Å². The monoisotopic (exact) mass is 377 g/mol. The molecule has 0 radical (unpaired) electrons. The van der Waals surface area contributed by atoms with Crippen LogP contribution in [0.15, 0.2) is 47.1 Å². The van der Waals surface area contributed by atoms with E-state index in [-0.39, 0.29) is 17.5 Å². The summed E-state index contributed by atoms with van der Waals surface area (Å²) < 4.78 is 11.6. The van der Waals surface area contributed by atoms with E-state index in [0.717, 1.165) is 12.8 Å². The van der Waals surface area contributed by atoms with E-state index in [0.29, 0.717) is 48.3 Å². The molecule has 1 fully saturated rings. The SMILES string of the molecule is O=C1CC2(CCCN(C(=O)c3onc4ncccc34)CC2)Oc2ccccc21. The molecule has 0 N–H and O–H groups in total. The molecule has 1 spiro atoms. The molecule has 3 aromatic rings. The number of likely N-dealkylation sites (tertiary alicyclic amines) is 1. The highest BCUT2D eigenvalue weighted by molar-refractivity contribution is 6.03. The van der Waals surface area contributed by atoms with Crippen molar-refractivity contribution in [2.45, 2.75) is 31.3 Å². The fourth-order valence-corrected chi connectivity index (χ4v) is 4.18. The maximum atomic E-state index is 13.0. The van der Waals surface area contributed by atoms with Crippen LogP contribution in [-0.4, -0.2) is 45.4 Å². The molecule has 0 bridgehead atoms. The van der Waals surface area contributed by atoms with Gasteiger partial charge in [0.2, 0.25) is 11.4 Å². The van der Waals surface area contributed by atoms with Crippen LogP contribution in [0.25, 0.3) is 11.0 Å². The van der Waals surface area contributed by atoms with Gasteiger partial charge in [-0.1, -0.05) is 17.3 Å². The summed E-state index contributed by atoms with van der Waals surface area (Å²) in [4.78, 5) is 31.5. The van der Waals surface area contributed by atoms with Crippen molar-refractivity contribution in [2.24, 2.45) is 0 Å². The second-order valence-electron chi connectivity index (χ2n) is 7.41. The van der Waals surface area contributed by atoms with Crippen LogP contribution < -0.4 is 4.74 Å². The number of benzene rings is 1. The number of fused-ring (bicyclic) bond motifs is 2. The Bertz CT molecular complexity index is 1080. The number of aromatic nitrogens is 2. The Balaban J connectivity index is 1.38. The van der Waals surface area contributed by atoms with Gasteiger partial charge in [0.05, 0.1) is 17.4 Å². The van der Waals surface area contributed by atoms with Gasteiger partial charge in [0.15, 0.2) is 5.78 Å². The Morgan fingerprint density at radius 2 is 2.00 bits per heavy atom. The van der Waals surface area contributed by atoms with Gasteiger partial charge in [-0.3, -0.25) is 9.59 Å². The van der Waals surface area contributed by atoms with E-state index in [9.17, 15) is 9.59 Å². The fraction of sp³-hybridized carbons (Fsp3) is 0.333. The molecule has 5 rings (SSSR count). The summed E-state index contributed by atoms with van der Waals surface area (Å²) in [5, 5.41) is 4.49. The zero-order valence-electron chi connectivity index (χ0n) is 15.3. The Hall–Kier alpha value is -3.22. The highest BCUT2D eigenvalue weighted by Crippen LogP contribution is 2.39. The summed E-state index contributed by atoms with van der Waals surface area (Å²) in [6.45, 7) is 1.08. The summed E-state index contributed by atoms with van der Waals surface area (Å²) in [7, 11) is 0. The highest BCUT2D eigenvalue weighted by Gasteiger charge is 2.42. The lowest BCUT2D eigenvalue weighted by atomic mass is 9.84. The van der Waals surface area contributed by atoms with Crippen LogP contribution in [0.2, 0.25) is 0 Å². The number of ketones is 1. The van der Waals surface area contributed by atoms with Crippen LogP contribution in [0.3, 0.4) is 0 Å². The molecule has 1 amide bonds. The second-order valence-corrected chi connectivity index (χ2v) is 7.41. The van der Waals surface area contributed by atoms with Crippen molar-refractivity contribution < 1.29 is 18.8 Å². The molecule has 2 aliphatic heterocycles. The number of Topliss-reactive ketones (excluding diaryl/α,β-unsaturated/α-hetero) is 1. The lowest BCUT2D eigenvalue weighted by Crippen LogP contribution is -2.43. The van der Waals surface area contributed by atoms with E-state index >= 15 is 0 Å². The Kier molecular flexibility index (Phi) is 3.89. The number of para-hydroxylation sites is 1. The lowest BCUT2D eigenvalue weighted by Gasteiger charge is -2.37. The van der Waals surface area contributed by atoms with Gasteiger partial charge in [-0.15, -0.1) is 0 Å². The molecule has 0 saturated carbocycles. The van der Waals surface area contributed by atoms with E-state index in [1.807, 2.05) is 18.2 Å². The molecule has 1 aromatic carbocycles. The summed E-state index contributed by atoms with van der Waals surface area (Å²) >= 11 is 0. The van der Waals surface area contributed by atoms with Gasteiger partial charge < -0.3 is 14.2 Å². The van der Waals surface area contributed by atoms with E-state index in [4.69, 9.17) is 9.26 Å². The minimum absolute atomic E-state index is 0.105. The van der Waals surface area contributed by atoms with Crippen molar-refractivity contribution >= 4 is 22.7 Å². The van der Waals surface area contributed by atoms with Crippen molar-refractivity contribution in [2.75, 3.05) is 13.1 Å². The zero-order valence-corrected chi connectivity index (χ0v) is 15.3. The van der Waals surface area contributed by atoms with Gasteiger partial charge in [-0.25, -0.2) is 4.98 Å². The molecule has 7 nitrogen and oxygen atoms in total. The number of hydrogen-bond acceptors (Lipinski definition) is 6. The maximum absolute atomic E-state index is 13.0. The normalized spacial score (nSPS) is 22.0. The molecule has 28 heavy (non-hydrogen) atoms. The number of ether oxygens (including phenoxy) is 1. The average molecular weight is 377 g/mol. The number of carbonyl (C=O) groups is 2.